The molecule has 0 aromatic heterocycles. The molecule has 86 valence electrons. The maximum atomic E-state index is 2.44. The van der Waals surface area contributed by atoms with Gasteiger partial charge in [-0.25, -0.2) is 10.0 Å². The molecule has 0 saturated heterocycles. The highest BCUT2D eigenvalue weighted by molar-refractivity contribution is 8.33. The maximum Gasteiger partial charge on any atom is -0.0102 e. The fraction of sp³-hybridized carbons (Fsp3) is 0.571. The molecule has 1 heteroatoms. The van der Waals surface area contributed by atoms with Crippen LogP contribution in [0.3, 0.4) is 0 Å². The monoisotopic (exact) mass is 224 g/mol. The Morgan fingerprint density at radius 2 is 1.53 bits per heavy atom. The first kappa shape index (κ1) is 12.6. The zero-order chi connectivity index (χ0) is 11.5. The van der Waals surface area contributed by atoms with E-state index in [1.165, 1.54) is 11.3 Å². The Labute approximate surface area is 96.4 Å². The number of hydrogen-bond acceptors (Lipinski definition) is 0. The third kappa shape index (κ3) is 3.27. The van der Waals surface area contributed by atoms with Gasteiger partial charge in [-0.1, -0.05) is 51.1 Å². The van der Waals surface area contributed by atoms with E-state index in [4.69, 9.17) is 0 Å². The summed E-state index contributed by atoms with van der Waals surface area (Å²) < 4.78 is 0. The summed E-state index contributed by atoms with van der Waals surface area (Å²) in [6.07, 6.45) is 6.21. The first-order valence-corrected chi connectivity index (χ1v) is 8.23. The molecule has 0 aliphatic carbocycles. The van der Waals surface area contributed by atoms with Crippen LogP contribution in [-0.4, -0.2) is 17.8 Å². The van der Waals surface area contributed by atoms with E-state index < -0.39 is 10.0 Å². The van der Waals surface area contributed by atoms with E-state index in [2.05, 4.69) is 63.6 Å². The number of hydrogen-bond donors (Lipinski definition) is 0. The van der Waals surface area contributed by atoms with Gasteiger partial charge in [0.1, 0.15) is 0 Å². The molecular weight excluding hydrogens is 200 g/mol. The van der Waals surface area contributed by atoms with E-state index in [0.29, 0.717) is 0 Å². The molecule has 1 aromatic rings. The van der Waals surface area contributed by atoms with E-state index in [-0.39, 0.29) is 0 Å². The Balaban J connectivity index is 2.82. The van der Waals surface area contributed by atoms with E-state index in [0.717, 1.165) is 11.2 Å². The Kier molecular flexibility index (Phi) is 4.27. The predicted molar refractivity (Wildman–Crippen MR) is 73.1 cm³/mol. The van der Waals surface area contributed by atoms with Gasteiger partial charge in [-0.2, -0.15) is 0 Å². The molecule has 0 nitrogen and oxygen atoms in total. The second-order valence-electron chi connectivity index (χ2n) is 5.16. The van der Waals surface area contributed by atoms with Crippen LogP contribution in [-0.2, 0) is 0 Å². The minimum atomic E-state index is -0.634. The average Bonchev–Trinajstić information content (AvgIpc) is 2.18. The van der Waals surface area contributed by atoms with Gasteiger partial charge in [0, 0.05) is 0 Å². The topological polar surface area (TPSA) is 0 Å². The van der Waals surface area contributed by atoms with Crippen LogP contribution >= 0.6 is 10.0 Å². The second-order valence-corrected chi connectivity index (χ2v) is 9.25. The van der Waals surface area contributed by atoms with Crippen molar-refractivity contribution in [3.05, 3.63) is 30.3 Å². The van der Waals surface area contributed by atoms with Crippen LogP contribution < -0.4 is 0 Å². The third-order valence-electron chi connectivity index (χ3n) is 3.16. The van der Waals surface area contributed by atoms with Crippen molar-refractivity contribution < 1.29 is 0 Å². The second kappa shape index (κ2) is 5.07. The molecule has 1 rings (SSSR count). The smallest absolute Gasteiger partial charge is 0.0102 e. The highest BCUT2D eigenvalue weighted by Crippen LogP contribution is 2.54. The van der Waals surface area contributed by atoms with Crippen LogP contribution in [0.5, 0.6) is 0 Å². The van der Waals surface area contributed by atoms with Crippen LogP contribution in [0, 0.1) is 5.92 Å². The molecule has 0 heterocycles. The highest BCUT2D eigenvalue weighted by Gasteiger charge is 2.22. The molecule has 0 spiro atoms. The fourth-order valence-corrected chi connectivity index (χ4v) is 4.10. The van der Waals surface area contributed by atoms with Gasteiger partial charge in [0.2, 0.25) is 0 Å². The summed E-state index contributed by atoms with van der Waals surface area (Å²) in [7, 11) is -0.634. The third-order valence-corrected chi connectivity index (χ3v) is 6.85. The summed E-state index contributed by atoms with van der Waals surface area (Å²) in [5, 5.41) is 0.805. The van der Waals surface area contributed by atoms with Crippen molar-refractivity contribution in [3.8, 4) is 0 Å². The lowest BCUT2D eigenvalue weighted by Gasteiger charge is -2.39. The lowest BCUT2D eigenvalue weighted by molar-refractivity contribution is 0.582. The van der Waals surface area contributed by atoms with Crippen molar-refractivity contribution >= 4 is 10.0 Å². The SMILES string of the molecule is CC(C)CC(C)S(C)(C)c1ccccc1. The number of rotatable bonds is 4. The molecule has 0 fully saturated rings. The Morgan fingerprint density at radius 3 is 2.00 bits per heavy atom. The molecule has 0 bridgehead atoms. The van der Waals surface area contributed by atoms with Crippen molar-refractivity contribution in [1.82, 2.24) is 0 Å². The van der Waals surface area contributed by atoms with E-state index in [1.54, 1.807) is 0 Å². The molecule has 15 heavy (non-hydrogen) atoms. The maximum absolute atomic E-state index is 2.44. The minimum Gasteiger partial charge on any atom is -0.218 e. The Bertz CT molecular complexity index is 287. The fourth-order valence-electron chi connectivity index (χ4n) is 1.91. The predicted octanol–water partition coefficient (Wildman–Crippen LogP) is 4.54. The van der Waals surface area contributed by atoms with Crippen LogP contribution in [0.25, 0.3) is 0 Å². The first-order chi connectivity index (χ1) is 6.94. The molecule has 1 unspecified atom stereocenters. The lowest BCUT2D eigenvalue weighted by Crippen LogP contribution is -2.15. The lowest BCUT2D eigenvalue weighted by atomic mass is 10.1. The summed E-state index contributed by atoms with van der Waals surface area (Å²) in [6, 6.07) is 11.0. The average molecular weight is 224 g/mol. The van der Waals surface area contributed by atoms with Crippen molar-refractivity contribution in [3.63, 3.8) is 0 Å². The standard InChI is InChI=1S/C14H24S/c1-12(2)11-13(3)15(4,5)14-9-7-6-8-10-14/h6-10,12-13H,11H2,1-5H3. The zero-order valence-corrected chi connectivity index (χ0v) is 11.5. The van der Waals surface area contributed by atoms with Gasteiger partial charge in [-0.05, 0) is 35.0 Å². The van der Waals surface area contributed by atoms with Crippen LogP contribution in [0.4, 0.5) is 0 Å². The molecule has 0 aliphatic heterocycles. The van der Waals surface area contributed by atoms with E-state index >= 15 is 0 Å². The summed E-state index contributed by atoms with van der Waals surface area (Å²) in [5.41, 5.74) is 0. The van der Waals surface area contributed by atoms with Gasteiger partial charge >= 0.3 is 0 Å². The van der Waals surface area contributed by atoms with Gasteiger partial charge in [0.05, 0.1) is 0 Å². The molecule has 0 radical (unpaired) electrons. The molecule has 0 N–H and O–H groups in total. The first-order valence-electron chi connectivity index (χ1n) is 5.72. The highest BCUT2D eigenvalue weighted by atomic mass is 32.3. The Morgan fingerprint density at radius 1 is 1.00 bits per heavy atom. The van der Waals surface area contributed by atoms with Gasteiger partial charge in [-0.3, -0.25) is 0 Å². The van der Waals surface area contributed by atoms with Crippen molar-refractivity contribution in [2.75, 3.05) is 12.5 Å². The van der Waals surface area contributed by atoms with Crippen LogP contribution in [0.1, 0.15) is 27.2 Å². The van der Waals surface area contributed by atoms with E-state index in [9.17, 15) is 0 Å². The van der Waals surface area contributed by atoms with Gasteiger partial charge < -0.3 is 0 Å². The van der Waals surface area contributed by atoms with E-state index in [1.807, 2.05) is 0 Å². The van der Waals surface area contributed by atoms with Crippen LogP contribution in [0.2, 0.25) is 0 Å². The minimum absolute atomic E-state index is 0.634. The zero-order valence-electron chi connectivity index (χ0n) is 10.7. The van der Waals surface area contributed by atoms with Crippen LogP contribution in [0.15, 0.2) is 35.2 Å². The largest absolute Gasteiger partial charge is 0.218 e. The van der Waals surface area contributed by atoms with Crippen molar-refractivity contribution in [2.24, 2.45) is 5.92 Å². The van der Waals surface area contributed by atoms with Gasteiger partial charge in [-0.15, -0.1) is 0 Å². The summed E-state index contributed by atoms with van der Waals surface area (Å²) in [5.74, 6) is 0.801. The normalized spacial score (nSPS) is 15.3. The molecule has 0 amide bonds. The Hall–Kier alpha value is -0.430. The summed E-state index contributed by atoms with van der Waals surface area (Å²) in [6.45, 7) is 7.04. The van der Waals surface area contributed by atoms with Crippen molar-refractivity contribution in [2.45, 2.75) is 37.3 Å². The summed E-state index contributed by atoms with van der Waals surface area (Å²) >= 11 is 0. The van der Waals surface area contributed by atoms with Gasteiger partial charge in [0.25, 0.3) is 0 Å². The molecule has 0 aliphatic rings. The van der Waals surface area contributed by atoms with Gasteiger partial charge in [0.15, 0.2) is 0 Å². The number of benzene rings is 1. The summed E-state index contributed by atoms with van der Waals surface area (Å²) in [4.78, 5) is 1.54. The molecule has 1 atom stereocenters. The molecular formula is C14H24S. The van der Waals surface area contributed by atoms with Crippen molar-refractivity contribution in [1.29, 1.82) is 0 Å². The quantitative estimate of drug-likeness (QED) is 0.704. The molecule has 1 aromatic carbocycles. The molecule has 0 saturated carbocycles.